The molecule has 0 atom stereocenters. The van der Waals surface area contributed by atoms with Crippen LogP contribution in [0.25, 0.3) is 11.0 Å². The van der Waals surface area contributed by atoms with Crippen LogP contribution in [-0.4, -0.2) is 6.54 Å². The van der Waals surface area contributed by atoms with Gasteiger partial charge < -0.3 is 9.73 Å². The summed E-state index contributed by atoms with van der Waals surface area (Å²) in [5, 5.41) is 3.86. The molecule has 1 saturated carbocycles. The highest BCUT2D eigenvalue weighted by atomic mass is 19.1. The molecule has 2 nitrogen and oxygen atoms in total. The van der Waals surface area contributed by atoms with Crippen LogP contribution in [0.5, 0.6) is 0 Å². The minimum absolute atomic E-state index is 0.191. The van der Waals surface area contributed by atoms with Gasteiger partial charge in [-0.3, -0.25) is 0 Å². The third kappa shape index (κ3) is 2.37. The number of nitrogens with one attached hydrogen (secondary N) is 1. The second-order valence-electron chi connectivity index (χ2n) is 5.15. The molecule has 1 aliphatic carbocycles. The Morgan fingerprint density at radius 1 is 1.32 bits per heavy atom. The average Bonchev–Trinajstić information content (AvgIpc) is 3.12. The van der Waals surface area contributed by atoms with Crippen molar-refractivity contribution < 1.29 is 13.2 Å². The van der Waals surface area contributed by atoms with Crippen LogP contribution in [0.1, 0.15) is 43.4 Å². The molecule has 102 valence electrons. The molecule has 0 spiro atoms. The maximum atomic E-state index is 13.8. The Bertz CT molecular complexity index is 602. The Balaban J connectivity index is 2.05. The zero-order valence-corrected chi connectivity index (χ0v) is 10.9. The lowest BCUT2D eigenvalue weighted by Gasteiger charge is -2.02. The zero-order chi connectivity index (χ0) is 13.4. The second-order valence-corrected chi connectivity index (χ2v) is 5.15. The first kappa shape index (κ1) is 12.6. The lowest BCUT2D eigenvalue weighted by atomic mass is 10.1. The fourth-order valence-corrected chi connectivity index (χ4v) is 2.52. The molecule has 0 bridgehead atoms. The molecule has 0 amide bonds. The summed E-state index contributed by atoms with van der Waals surface area (Å²) < 4.78 is 32.8. The molecule has 4 heteroatoms. The summed E-state index contributed by atoms with van der Waals surface area (Å²) in [5.74, 6) is 0.00994. The Morgan fingerprint density at radius 3 is 2.79 bits per heavy atom. The van der Waals surface area contributed by atoms with Crippen molar-refractivity contribution in [1.82, 2.24) is 5.32 Å². The van der Waals surface area contributed by atoms with E-state index in [9.17, 15) is 8.78 Å². The largest absolute Gasteiger partial charge is 0.456 e. The third-order valence-corrected chi connectivity index (χ3v) is 3.52. The van der Waals surface area contributed by atoms with E-state index >= 15 is 0 Å². The normalized spacial score (nSPS) is 15.3. The van der Waals surface area contributed by atoms with Crippen molar-refractivity contribution in [2.75, 3.05) is 6.54 Å². The van der Waals surface area contributed by atoms with E-state index in [0.717, 1.165) is 43.2 Å². The molecule has 1 fully saturated rings. The number of furan rings is 1. The van der Waals surface area contributed by atoms with Gasteiger partial charge in [-0.05, 0) is 37.8 Å². The molecule has 0 unspecified atom stereocenters. The summed E-state index contributed by atoms with van der Waals surface area (Å²) in [6.07, 6.45) is 3.18. The molecule has 1 heterocycles. The second kappa shape index (κ2) is 4.93. The smallest absolute Gasteiger partial charge is 0.170 e. The van der Waals surface area contributed by atoms with E-state index in [1.165, 1.54) is 6.07 Å². The van der Waals surface area contributed by atoms with Gasteiger partial charge >= 0.3 is 0 Å². The predicted octanol–water partition coefficient (Wildman–Crippen LogP) is 4.09. The standard InChI is InChI=1S/C15H17F2NO/c1-2-5-18-8-13-14(9-3-4-9)11-6-10(16)7-12(17)15(11)19-13/h6-7,9,18H,2-5,8H2,1H3. The van der Waals surface area contributed by atoms with E-state index < -0.39 is 11.6 Å². The maximum absolute atomic E-state index is 13.8. The first-order chi connectivity index (χ1) is 9.20. The minimum Gasteiger partial charge on any atom is -0.456 e. The first-order valence-corrected chi connectivity index (χ1v) is 6.81. The summed E-state index contributed by atoms with van der Waals surface area (Å²) >= 11 is 0. The topological polar surface area (TPSA) is 25.2 Å². The predicted molar refractivity (Wildman–Crippen MR) is 70.1 cm³/mol. The molecular formula is C15H17F2NO. The van der Waals surface area contributed by atoms with Crippen molar-refractivity contribution in [3.05, 3.63) is 35.1 Å². The number of benzene rings is 1. The average molecular weight is 265 g/mol. The van der Waals surface area contributed by atoms with E-state index in [-0.39, 0.29) is 5.58 Å². The molecule has 19 heavy (non-hydrogen) atoms. The monoisotopic (exact) mass is 265 g/mol. The van der Waals surface area contributed by atoms with Crippen LogP contribution in [0.4, 0.5) is 8.78 Å². The zero-order valence-electron chi connectivity index (χ0n) is 10.9. The molecule has 1 N–H and O–H groups in total. The molecular weight excluding hydrogens is 248 g/mol. The van der Waals surface area contributed by atoms with Crippen molar-refractivity contribution in [3.8, 4) is 0 Å². The van der Waals surface area contributed by atoms with Gasteiger partial charge in [0.2, 0.25) is 0 Å². The molecule has 0 saturated heterocycles. The maximum Gasteiger partial charge on any atom is 0.170 e. The molecule has 3 rings (SSSR count). The molecule has 0 aliphatic heterocycles. The van der Waals surface area contributed by atoms with Crippen molar-refractivity contribution in [2.45, 2.75) is 38.6 Å². The van der Waals surface area contributed by atoms with Gasteiger partial charge in [0.05, 0.1) is 6.54 Å². The van der Waals surface area contributed by atoms with E-state index in [4.69, 9.17) is 4.42 Å². The van der Waals surface area contributed by atoms with Crippen molar-refractivity contribution in [2.24, 2.45) is 0 Å². The van der Waals surface area contributed by atoms with Crippen molar-refractivity contribution in [3.63, 3.8) is 0 Å². The summed E-state index contributed by atoms with van der Waals surface area (Å²) in [4.78, 5) is 0. The minimum atomic E-state index is -0.612. The van der Waals surface area contributed by atoms with Gasteiger partial charge in [0, 0.05) is 17.0 Å². The Hall–Kier alpha value is -1.42. The summed E-state index contributed by atoms with van der Waals surface area (Å²) in [6.45, 7) is 3.55. The molecule has 1 aromatic carbocycles. The Morgan fingerprint density at radius 2 is 2.11 bits per heavy atom. The van der Waals surface area contributed by atoms with Crippen LogP contribution in [0.2, 0.25) is 0 Å². The number of halogens is 2. The highest BCUT2D eigenvalue weighted by Gasteiger charge is 2.31. The number of fused-ring (bicyclic) bond motifs is 1. The SMILES string of the molecule is CCCNCc1oc2c(F)cc(F)cc2c1C1CC1. The Labute approximate surface area is 110 Å². The molecule has 1 aromatic heterocycles. The number of hydrogen-bond donors (Lipinski definition) is 1. The van der Waals surface area contributed by atoms with E-state index in [0.29, 0.717) is 17.8 Å². The fourth-order valence-electron chi connectivity index (χ4n) is 2.52. The van der Waals surface area contributed by atoms with Gasteiger partial charge in [-0.1, -0.05) is 6.92 Å². The van der Waals surface area contributed by atoms with Crippen LogP contribution < -0.4 is 5.32 Å². The number of hydrogen-bond acceptors (Lipinski definition) is 2. The van der Waals surface area contributed by atoms with Gasteiger partial charge in [-0.2, -0.15) is 0 Å². The van der Waals surface area contributed by atoms with E-state index in [1.807, 2.05) is 0 Å². The summed E-state index contributed by atoms with van der Waals surface area (Å²) in [7, 11) is 0. The van der Waals surface area contributed by atoms with Crippen LogP contribution in [0.3, 0.4) is 0 Å². The van der Waals surface area contributed by atoms with Crippen LogP contribution >= 0.6 is 0 Å². The van der Waals surface area contributed by atoms with Gasteiger partial charge in [0.25, 0.3) is 0 Å². The third-order valence-electron chi connectivity index (χ3n) is 3.52. The van der Waals surface area contributed by atoms with Crippen LogP contribution in [0.15, 0.2) is 16.5 Å². The fraction of sp³-hybridized carbons (Fsp3) is 0.467. The summed E-state index contributed by atoms with van der Waals surface area (Å²) in [6, 6.07) is 2.27. The lowest BCUT2D eigenvalue weighted by molar-refractivity contribution is 0.488. The quantitative estimate of drug-likeness (QED) is 0.824. The highest BCUT2D eigenvalue weighted by Crippen LogP contribution is 2.46. The first-order valence-electron chi connectivity index (χ1n) is 6.81. The van der Waals surface area contributed by atoms with Crippen LogP contribution in [-0.2, 0) is 6.54 Å². The molecule has 2 aromatic rings. The molecule has 1 aliphatic rings. The summed E-state index contributed by atoms with van der Waals surface area (Å²) in [5.41, 5.74) is 1.19. The van der Waals surface area contributed by atoms with Gasteiger partial charge in [0.1, 0.15) is 11.6 Å². The number of rotatable bonds is 5. The van der Waals surface area contributed by atoms with Gasteiger partial charge in [-0.25, -0.2) is 8.78 Å². The van der Waals surface area contributed by atoms with E-state index in [1.54, 1.807) is 0 Å². The van der Waals surface area contributed by atoms with Crippen LogP contribution in [0, 0.1) is 11.6 Å². The van der Waals surface area contributed by atoms with Crippen molar-refractivity contribution in [1.29, 1.82) is 0 Å². The Kier molecular flexibility index (Phi) is 3.27. The van der Waals surface area contributed by atoms with Crippen molar-refractivity contribution >= 4 is 11.0 Å². The molecule has 0 radical (unpaired) electrons. The highest BCUT2D eigenvalue weighted by molar-refractivity contribution is 5.84. The van der Waals surface area contributed by atoms with Gasteiger partial charge in [-0.15, -0.1) is 0 Å². The lowest BCUT2D eigenvalue weighted by Crippen LogP contribution is -2.14. The van der Waals surface area contributed by atoms with Gasteiger partial charge in [0.15, 0.2) is 11.4 Å². The van der Waals surface area contributed by atoms with E-state index in [2.05, 4.69) is 12.2 Å².